The van der Waals surface area contributed by atoms with Crippen LogP contribution in [-0.2, 0) is 4.79 Å². The maximum absolute atomic E-state index is 12.4. The van der Waals surface area contributed by atoms with E-state index < -0.39 is 0 Å². The third-order valence-electron chi connectivity index (χ3n) is 3.33. The Morgan fingerprint density at radius 1 is 1.18 bits per heavy atom. The van der Waals surface area contributed by atoms with Crippen molar-refractivity contribution < 1.29 is 4.79 Å². The van der Waals surface area contributed by atoms with Crippen molar-refractivity contribution in [3.63, 3.8) is 0 Å². The predicted molar refractivity (Wildman–Crippen MR) is 89.3 cm³/mol. The lowest BCUT2D eigenvalue weighted by Crippen LogP contribution is -2.35. The predicted octanol–water partition coefficient (Wildman–Crippen LogP) is 2.78. The van der Waals surface area contributed by atoms with Gasteiger partial charge in [0.2, 0.25) is 5.91 Å². The van der Waals surface area contributed by atoms with Crippen LogP contribution in [0.3, 0.4) is 0 Å². The van der Waals surface area contributed by atoms with E-state index in [-0.39, 0.29) is 17.1 Å². The second-order valence-electron chi connectivity index (χ2n) is 5.72. The molecule has 2 rings (SSSR count). The standard InChI is InChI=1S/C16H22N4OS/c1-11(2)14(15(21)19(4)5)22-16-18-17-12(3)20(16)13-9-7-6-8-10-13/h6-11,14H,1-5H3/t14-/m1/s1. The first-order valence-electron chi connectivity index (χ1n) is 7.27. The Bertz CT molecular complexity index is 637. The highest BCUT2D eigenvalue weighted by Crippen LogP contribution is 2.30. The van der Waals surface area contributed by atoms with Crippen molar-refractivity contribution in [1.29, 1.82) is 0 Å². The normalized spacial score (nSPS) is 12.5. The van der Waals surface area contributed by atoms with Gasteiger partial charge in [0.15, 0.2) is 5.16 Å². The number of carbonyl (C=O) groups is 1. The number of hydrogen-bond acceptors (Lipinski definition) is 4. The Balaban J connectivity index is 2.36. The van der Waals surface area contributed by atoms with Crippen LogP contribution >= 0.6 is 11.8 Å². The molecule has 0 fully saturated rings. The lowest BCUT2D eigenvalue weighted by Gasteiger charge is -2.22. The number of amides is 1. The summed E-state index contributed by atoms with van der Waals surface area (Å²) in [5.74, 6) is 1.12. The third kappa shape index (κ3) is 3.50. The molecule has 22 heavy (non-hydrogen) atoms. The van der Waals surface area contributed by atoms with Gasteiger partial charge in [-0.2, -0.15) is 0 Å². The molecule has 1 amide bonds. The zero-order valence-electron chi connectivity index (χ0n) is 13.6. The molecule has 0 bridgehead atoms. The highest BCUT2D eigenvalue weighted by Gasteiger charge is 2.27. The molecule has 0 aliphatic heterocycles. The van der Waals surface area contributed by atoms with Gasteiger partial charge in [-0.25, -0.2) is 0 Å². The van der Waals surface area contributed by atoms with Gasteiger partial charge in [-0.15, -0.1) is 10.2 Å². The lowest BCUT2D eigenvalue weighted by atomic mass is 10.1. The molecule has 1 atom stereocenters. The molecule has 2 aromatic rings. The molecule has 0 aliphatic rings. The van der Waals surface area contributed by atoms with Crippen molar-refractivity contribution in [3.8, 4) is 5.69 Å². The fraction of sp³-hybridized carbons (Fsp3) is 0.438. The number of carbonyl (C=O) groups excluding carboxylic acids is 1. The van der Waals surface area contributed by atoms with Gasteiger partial charge >= 0.3 is 0 Å². The van der Waals surface area contributed by atoms with Gasteiger partial charge in [0.05, 0.1) is 5.25 Å². The number of aromatic nitrogens is 3. The number of hydrogen-bond donors (Lipinski definition) is 0. The minimum atomic E-state index is -0.180. The Morgan fingerprint density at radius 2 is 1.82 bits per heavy atom. The van der Waals surface area contributed by atoms with E-state index in [9.17, 15) is 4.79 Å². The van der Waals surface area contributed by atoms with Crippen LogP contribution in [0.5, 0.6) is 0 Å². The molecular weight excluding hydrogens is 296 g/mol. The first kappa shape index (κ1) is 16.5. The highest BCUT2D eigenvalue weighted by molar-refractivity contribution is 8.00. The molecule has 1 aromatic carbocycles. The smallest absolute Gasteiger partial charge is 0.235 e. The van der Waals surface area contributed by atoms with Crippen LogP contribution in [0.4, 0.5) is 0 Å². The van der Waals surface area contributed by atoms with Crippen LogP contribution < -0.4 is 0 Å². The minimum absolute atomic E-state index is 0.0975. The molecule has 0 saturated heterocycles. The van der Waals surface area contributed by atoms with Crippen molar-refractivity contribution in [3.05, 3.63) is 36.2 Å². The number of para-hydroxylation sites is 1. The summed E-state index contributed by atoms with van der Waals surface area (Å²) in [5.41, 5.74) is 1.01. The topological polar surface area (TPSA) is 51.0 Å². The lowest BCUT2D eigenvalue weighted by molar-refractivity contribution is -0.128. The van der Waals surface area contributed by atoms with Crippen LogP contribution in [-0.4, -0.2) is 44.9 Å². The number of rotatable bonds is 5. The summed E-state index contributed by atoms with van der Waals surface area (Å²) in [6.07, 6.45) is 0. The summed E-state index contributed by atoms with van der Waals surface area (Å²) in [5, 5.41) is 9.01. The molecule has 0 radical (unpaired) electrons. The summed E-state index contributed by atoms with van der Waals surface area (Å²) in [6, 6.07) is 9.96. The summed E-state index contributed by atoms with van der Waals surface area (Å²) in [6.45, 7) is 6.02. The average molecular weight is 318 g/mol. The Morgan fingerprint density at radius 3 is 2.36 bits per heavy atom. The Kier molecular flexibility index (Phi) is 5.24. The van der Waals surface area contributed by atoms with Gasteiger partial charge in [-0.05, 0) is 25.0 Å². The van der Waals surface area contributed by atoms with E-state index in [1.165, 1.54) is 11.8 Å². The van der Waals surface area contributed by atoms with Crippen molar-refractivity contribution in [2.45, 2.75) is 31.2 Å². The van der Waals surface area contributed by atoms with Crippen molar-refractivity contribution in [2.75, 3.05) is 14.1 Å². The number of aryl methyl sites for hydroxylation is 1. The number of nitrogens with zero attached hydrogens (tertiary/aromatic N) is 4. The van der Waals surface area contributed by atoms with Crippen LogP contribution in [0.1, 0.15) is 19.7 Å². The Hall–Kier alpha value is -1.82. The first-order chi connectivity index (χ1) is 10.4. The molecule has 118 valence electrons. The summed E-state index contributed by atoms with van der Waals surface area (Å²) in [7, 11) is 3.57. The van der Waals surface area contributed by atoms with E-state index in [2.05, 4.69) is 24.0 Å². The highest BCUT2D eigenvalue weighted by atomic mass is 32.2. The van der Waals surface area contributed by atoms with E-state index in [1.807, 2.05) is 41.8 Å². The average Bonchev–Trinajstić information content (AvgIpc) is 2.85. The second-order valence-corrected chi connectivity index (χ2v) is 6.82. The van der Waals surface area contributed by atoms with E-state index in [4.69, 9.17) is 0 Å². The third-order valence-corrected chi connectivity index (χ3v) is 4.81. The van der Waals surface area contributed by atoms with Crippen LogP contribution in [0.25, 0.3) is 5.69 Å². The van der Waals surface area contributed by atoms with E-state index in [0.29, 0.717) is 0 Å². The SMILES string of the molecule is Cc1nnc(S[C@@H](C(=O)N(C)C)C(C)C)n1-c1ccccc1. The van der Waals surface area contributed by atoms with Crippen molar-refractivity contribution in [2.24, 2.45) is 5.92 Å². The molecule has 0 aliphatic carbocycles. The van der Waals surface area contributed by atoms with Gasteiger partial charge in [0.1, 0.15) is 5.82 Å². The zero-order chi connectivity index (χ0) is 16.3. The first-order valence-corrected chi connectivity index (χ1v) is 8.15. The van der Waals surface area contributed by atoms with Crippen LogP contribution in [0, 0.1) is 12.8 Å². The fourth-order valence-corrected chi connectivity index (χ4v) is 3.38. The number of thioether (sulfide) groups is 1. The summed E-state index contributed by atoms with van der Waals surface area (Å²) in [4.78, 5) is 14.0. The van der Waals surface area contributed by atoms with Crippen LogP contribution in [0.2, 0.25) is 0 Å². The van der Waals surface area contributed by atoms with Gasteiger partial charge in [0.25, 0.3) is 0 Å². The second kappa shape index (κ2) is 6.96. The number of benzene rings is 1. The van der Waals surface area contributed by atoms with Gasteiger partial charge < -0.3 is 4.90 Å². The molecule has 5 nitrogen and oxygen atoms in total. The fourth-order valence-electron chi connectivity index (χ4n) is 2.13. The quantitative estimate of drug-likeness (QED) is 0.796. The monoisotopic (exact) mass is 318 g/mol. The van der Waals surface area contributed by atoms with E-state index in [0.717, 1.165) is 16.7 Å². The largest absolute Gasteiger partial charge is 0.348 e. The Labute approximate surface area is 135 Å². The van der Waals surface area contributed by atoms with Crippen molar-refractivity contribution in [1.82, 2.24) is 19.7 Å². The van der Waals surface area contributed by atoms with Crippen molar-refractivity contribution >= 4 is 17.7 Å². The van der Waals surface area contributed by atoms with Gasteiger partial charge in [-0.1, -0.05) is 43.8 Å². The summed E-state index contributed by atoms with van der Waals surface area (Å²) < 4.78 is 1.99. The van der Waals surface area contributed by atoms with Gasteiger partial charge in [-0.3, -0.25) is 9.36 Å². The molecular formula is C16H22N4OS. The molecule has 1 aromatic heterocycles. The van der Waals surface area contributed by atoms with E-state index >= 15 is 0 Å². The minimum Gasteiger partial charge on any atom is -0.348 e. The molecule has 0 unspecified atom stereocenters. The molecule has 0 N–H and O–H groups in total. The molecule has 0 saturated carbocycles. The molecule has 6 heteroatoms. The van der Waals surface area contributed by atoms with Gasteiger partial charge in [0, 0.05) is 19.8 Å². The maximum atomic E-state index is 12.4. The molecule has 1 heterocycles. The van der Waals surface area contributed by atoms with Crippen LogP contribution in [0.15, 0.2) is 35.5 Å². The maximum Gasteiger partial charge on any atom is 0.235 e. The summed E-state index contributed by atoms with van der Waals surface area (Å²) >= 11 is 1.47. The van der Waals surface area contributed by atoms with E-state index in [1.54, 1.807) is 19.0 Å². The molecule has 0 spiro atoms. The zero-order valence-corrected chi connectivity index (χ0v) is 14.5.